The van der Waals surface area contributed by atoms with Crippen molar-refractivity contribution >= 4 is 17.2 Å². The minimum Gasteiger partial charge on any atom is -0.220 e. The molecule has 82 valence electrons. The molecule has 0 unspecified atom stereocenters. The Balaban J connectivity index is 2.08. The summed E-state index contributed by atoms with van der Waals surface area (Å²) in [6.07, 6.45) is 6.28. The maximum absolute atomic E-state index is 8.25. The van der Waals surface area contributed by atoms with E-state index in [1.54, 1.807) is 4.68 Å². The van der Waals surface area contributed by atoms with Crippen molar-refractivity contribution in [3.63, 3.8) is 0 Å². The molecule has 1 aromatic heterocycles. The Morgan fingerprint density at radius 2 is 2.00 bits per heavy atom. The zero-order chi connectivity index (χ0) is 11.7. The normalized spacial score (nSPS) is 17.5. The molecule has 16 heavy (non-hydrogen) atoms. The third-order valence-electron chi connectivity index (χ3n) is 3.07. The highest BCUT2D eigenvalue weighted by atomic mass is 15.4. The molecular formula is C13H15N3. The van der Waals surface area contributed by atoms with Crippen molar-refractivity contribution in [2.75, 3.05) is 0 Å². The second kappa shape index (κ2) is 4.08. The van der Waals surface area contributed by atoms with E-state index in [-0.39, 0.29) is 0 Å². The van der Waals surface area contributed by atoms with Gasteiger partial charge in [-0.25, -0.2) is 4.68 Å². The van der Waals surface area contributed by atoms with Crippen LogP contribution < -0.4 is 0 Å². The molecule has 1 fully saturated rings. The lowest BCUT2D eigenvalue weighted by molar-refractivity contribution is 0.599. The second-order valence-corrected chi connectivity index (χ2v) is 4.27. The molecule has 2 aromatic rings. The van der Waals surface area contributed by atoms with Crippen LogP contribution in [0.2, 0.25) is 0 Å². The van der Waals surface area contributed by atoms with Gasteiger partial charge in [0.2, 0.25) is 0 Å². The van der Waals surface area contributed by atoms with Crippen LogP contribution >= 0.6 is 0 Å². The van der Waals surface area contributed by atoms with Gasteiger partial charge in [-0.05, 0) is 37.8 Å². The lowest BCUT2D eigenvalue weighted by Crippen LogP contribution is -1.97. The number of para-hydroxylation sites is 1. The Morgan fingerprint density at radius 1 is 1.19 bits per heavy atom. The van der Waals surface area contributed by atoms with Crippen LogP contribution in [0.1, 0.15) is 33.5 Å². The van der Waals surface area contributed by atoms with E-state index in [0.29, 0.717) is 6.18 Å². The molecule has 1 saturated carbocycles. The van der Waals surface area contributed by atoms with Gasteiger partial charge in [0.1, 0.15) is 5.52 Å². The summed E-state index contributed by atoms with van der Waals surface area (Å²) >= 11 is 0. The zero-order valence-electron chi connectivity index (χ0n) is 10.2. The fraction of sp³-hybridized carbons (Fsp3) is 0.385. The first-order valence-electron chi connectivity index (χ1n) is 6.36. The van der Waals surface area contributed by atoms with Crippen LogP contribution in [0.15, 0.2) is 29.8 Å². The first-order chi connectivity index (χ1) is 8.36. The number of benzene rings is 1. The molecule has 0 N–H and O–H groups in total. The summed E-state index contributed by atoms with van der Waals surface area (Å²) in [6, 6.07) is 7.80. The van der Waals surface area contributed by atoms with Crippen LogP contribution in [0, 0.1) is 0 Å². The predicted octanol–water partition coefficient (Wildman–Crippen LogP) is 3.24. The highest BCUT2D eigenvalue weighted by molar-refractivity contribution is 5.76. The highest BCUT2D eigenvalue weighted by Crippen LogP contribution is 2.24. The third-order valence-corrected chi connectivity index (χ3v) is 3.07. The molecule has 3 heteroatoms. The van der Waals surface area contributed by atoms with Crippen molar-refractivity contribution in [1.29, 1.82) is 0 Å². The highest BCUT2D eigenvalue weighted by Gasteiger charge is 2.07. The van der Waals surface area contributed by atoms with E-state index in [9.17, 15) is 0 Å². The van der Waals surface area contributed by atoms with Gasteiger partial charge in [0.05, 0.1) is 6.89 Å². The van der Waals surface area contributed by atoms with Crippen molar-refractivity contribution < 1.29 is 1.37 Å². The zero-order valence-corrected chi connectivity index (χ0v) is 9.19. The fourth-order valence-corrected chi connectivity index (χ4v) is 2.19. The lowest BCUT2D eigenvalue weighted by atomic mass is 9.96. The van der Waals surface area contributed by atoms with Crippen molar-refractivity contribution in [3.05, 3.63) is 29.8 Å². The van der Waals surface area contributed by atoms with Crippen molar-refractivity contribution in [2.45, 2.75) is 32.1 Å². The van der Waals surface area contributed by atoms with Crippen molar-refractivity contribution in [2.24, 2.45) is 0 Å². The van der Waals surface area contributed by atoms with E-state index in [0.717, 1.165) is 23.9 Å². The average Bonchev–Trinajstić information content (AvgIpc) is 2.83. The largest absolute Gasteiger partial charge is 0.220 e. The van der Waals surface area contributed by atoms with Gasteiger partial charge in [-0.1, -0.05) is 29.3 Å². The molecule has 3 nitrogen and oxygen atoms in total. The summed E-state index contributed by atoms with van der Waals surface area (Å²) in [5.74, 6) is 0. The Labute approximate surface area is 96.2 Å². The van der Waals surface area contributed by atoms with Crippen LogP contribution in [0.4, 0.5) is 0 Å². The monoisotopic (exact) mass is 214 g/mol. The minimum atomic E-state index is 0.526. The Morgan fingerprint density at radius 3 is 2.88 bits per heavy atom. The van der Waals surface area contributed by atoms with E-state index >= 15 is 0 Å². The predicted molar refractivity (Wildman–Crippen MR) is 64.9 cm³/mol. The molecule has 1 aliphatic rings. The molecule has 0 saturated heterocycles. The molecule has 0 amide bonds. The maximum atomic E-state index is 8.25. The summed E-state index contributed by atoms with van der Waals surface area (Å²) in [7, 11) is 0. The quantitative estimate of drug-likeness (QED) is 0.729. The molecule has 3 rings (SSSR count). The maximum Gasteiger partial charge on any atom is 0.113 e. The second-order valence-electron chi connectivity index (χ2n) is 4.27. The lowest BCUT2D eigenvalue weighted by Gasteiger charge is -2.12. The average molecular weight is 214 g/mol. The minimum absolute atomic E-state index is 0.526. The standard InChI is InChI=1S/C13H15N3/c1-2-6-11(7-3-1)10-16-13-9-5-4-8-12(13)14-15-16/h4-5,8-10H,1-3,6-7H2/i10D. The summed E-state index contributed by atoms with van der Waals surface area (Å²) in [6.45, 7) is 0. The molecular weight excluding hydrogens is 198 g/mol. The summed E-state index contributed by atoms with van der Waals surface area (Å²) in [4.78, 5) is 0. The molecule has 0 atom stereocenters. The van der Waals surface area contributed by atoms with Crippen LogP contribution in [0.5, 0.6) is 0 Å². The van der Waals surface area contributed by atoms with Crippen LogP contribution in [0.3, 0.4) is 0 Å². The van der Waals surface area contributed by atoms with E-state index in [1.807, 2.05) is 24.3 Å². The first-order valence-corrected chi connectivity index (χ1v) is 5.86. The van der Waals surface area contributed by atoms with E-state index in [1.165, 1.54) is 24.8 Å². The van der Waals surface area contributed by atoms with Gasteiger partial charge in [0.25, 0.3) is 0 Å². The summed E-state index contributed by atoms with van der Waals surface area (Å²) in [5, 5.41) is 8.19. The number of aromatic nitrogens is 3. The molecule has 1 aromatic carbocycles. The number of fused-ring (bicyclic) bond motifs is 1. The van der Waals surface area contributed by atoms with E-state index < -0.39 is 0 Å². The molecule has 0 bridgehead atoms. The smallest absolute Gasteiger partial charge is 0.113 e. The number of hydrogen-bond donors (Lipinski definition) is 0. The van der Waals surface area contributed by atoms with Crippen molar-refractivity contribution in [1.82, 2.24) is 15.0 Å². The number of allylic oxidation sites excluding steroid dienone is 1. The van der Waals surface area contributed by atoms with Crippen LogP contribution in [-0.2, 0) is 0 Å². The van der Waals surface area contributed by atoms with Crippen LogP contribution in [-0.4, -0.2) is 15.0 Å². The Kier molecular flexibility index (Phi) is 2.17. The topological polar surface area (TPSA) is 30.7 Å². The SMILES string of the molecule is [2H]C(=C1CCCCC1)n1nnc2ccccc21. The number of hydrogen-bond acceptors (Lipinski definition) is 2. The summed E-state index contributed by atoms with van der Waals surface area (Å²) in [5.41, 5.74) is 3.00. The third kappa shape index (κ3) is 1.73. The molecule has 0 spiro atoms. The number of rotatable bonds is 1. The van der Waals surface area contributed by atoms with Crippen LogP contribution in [0.25, 0.3) is 17.2 Å². The molecule has 1 aliphatic carbocycles. The van der Waals surface area contributed by atoms with Gasteiger partial charge in [-0.2, -0.15) is 0 Å². The van der Waals surface area contributed by atoms with Gasteiger partial charge >= 0.3 is 0 Å². The van der Waals surface area contributed by atoms with Gasteiger partial charge in [0, 0.05) is 6.18 Å². The number of nitrogens with zero attached hydrogens (tertiary/aromatic N) is 3. The van der Waals surface area contributed by atoms with Crippen molar-refractivity contribution in [3.8, 4) is 0 Å². The van der Waals surface area contributed by atoms with Gasteiger partial charge in [-0.15, -0.1) is 5.10 Å². The van der Waals surface area contributed by atoms with Gasteiger partial charge in [-0.3, -0.25) is 0 Å². The molecule has 0 radical (unpaired) electrons. The Hall–Kier alpha value is -1.64. The van der Waals surface area contributed by atoms with E-state index in [4.69, 9.17) is 1.37 Å². The van der Waals surface area contributed by atoms with Gasteiger partial charge in [0.15, 0.2) is 0 Å². The summed E-state index contributed by atoms with van der Waals surface area (Å²) < 4.78 is 9.91. The van der Waals surface area contributed by atoms with Gasteiger partial charge < -0.3 is 0 Å². The molecule has 0 aliphatic heterocycles. The Bertz CT molecular complexity index is 563. The fourth-order valence-electron chi connectivity index (χ4n) is 2.19. The molecule has 1 heterocycles. The first kappa shape index (κ1) is 8.50. The van der Waals surface area contributed by atoms with E-state index in [2.05, 4.69) is 10.3 Å².